The Bertz CT molecular complexity index is 263. The molecule has 0 aromatic heterocycles. The molecule has 0 radical (unpaired) electrons. The maximum atomic E-state index is 11.2. The van der Waals surface area contributed by atoms with Gasteiger partial charge in [0, 0.05) is 32.1 Å². The second kappa shape index (κ2) is 7.73. The van der Waals surface area contributed by atoms with Crippen molar-refractivity contribution in [1.82, 2.24) is 0 Å². The zero-order valence-corrected chi connectivity index (χ0v) is 9.32. The van der Waals surface area contributed by atoms with E-state index in [4.69, 9.17) is 5.11 Å². The topological polar surface area (TPSA) is 88.5 Å². The second-order valence-corrected chi connectivity index (χ2v) is 3.67. The first-order valence-corrected chi connectivity index (χ1v) is 5.16. The van der Waals surface area contributed by atoms with Gasteiger partial charge < -0.3 is 9.90 Å². The van der Waals surface area contributed by atoms with Crippen molar-refractivity contribution in [3.05, 3.63) is 0 Å². The Morgan fingerprint density at radius 2 is 1.12 bits per heavy atom. The van der Waals surface area contributed by atoms with Gasteiger partial charge in [-0.1, -0.05) is 0 Å². The predicted octanol–water partition coefficient (Wildman–Crippen LogP) is 1.14. The van der Waals surface area contributed by atoms with Gasteiger partial charge in [0.1, 0.15) is 17.3 Å². The van der Waals surface area contributed by atoms with Crippen molar-refractivity contribution in [2.75, 3.05) is 0 Å². The van der Waals surface area contributed by atoms with E-state index in [1.54, 1.807) is 0 Å². The van der Waals surface area contributed by atoms with Crippen molar-refractivity contribution in [2.45, 2.75) is 45.4 Å². The average molecular weight is 228 g/mol. The lowest BCUT2D eigenvalue weighted by molar-refractivity contribution is -0.138. The van der Waals surface area contributed by atoms with Crippen LogP contribution in [-0.4, -0.2) is 28.4 Å². The number of carbonyl (C=O) groups excluding carboxylic acids is 3. The Kier molecular flexibility index (Phi) is 7.00. The lowest BCUT2D eigenvalue weighted by atomic mass is 10.0. The predicted molar refractivity (Wildman–Crippen MR) is 56.0 cm³/mol. The molecule has 0 unspecified atom stereocenters. The molecule has 5 nitrogen and oxygen atoms in total. The summed E-state index contributed by atoms with van der Waals surface area (Å²) in [5.41, 5.74) is 0. The molecule has 90 valence electrons. The zero-order chi connectivity index (χ0) is 12.6. The van der Waals surface area contributed by atoms with Gasteiger partial charge in [-0.2, -0.15) is 0 Å². The minimum atomic E-state index is -1.02. The summed E-state index contributed by atoms with van der Waals surface area (Å²) in [5, 5.41) is 8.33. The number of carboxylic acids is 1. The lowest BCUT2D eigenvalue weighted by Crippen LogP contribution is -2.07. The molecule has 0 aliphatic heterocycles. The molecule has 0 amide bonds. The van der Waals surface area contributed by atoms with Crippen LogP contribution in [-0.2, 0) is 19.2 Å². The van der Waals surface area contributed by atoms with Crippen LogP contribution in [0.5, 0.6) is 0 Å². The van der Waals surface area contributed by atoms with E-state index in [2.05, 4.69) is 0 Å². The first kappa shape index (κ1) is 14.5. The van der Waals surface area contributed by atoms with Gasteiger partial charge >= 0.3 is 5.97 Å². The Labute approximate surface area is 93.8 Å². The Morgan fingerprint density at radius 3 is 1.50 bits per heavy atom. The van der Waals surface area contributed by atoms with Crippen molar-refractivity contribution < 1.29 is 24.3 Å². The molecule has 0 aromatic carbocycles. The average Bonchev–Trinajstić information content (AvgIpc) is 2.20. The van der Waals surface area contributed by atoms with E-state index in [1.165, 1.54) is 6.92 Å². The van der Waals surface area contributed by atoms with Gasteiger partial charge in [-0.25, -0.2) is 0 Å². The summed E-state index contributed by atoms with van der Waals surface area (Å²) in [6.07, 6.45) is 0.329. The fraction of sp³-hybridized carbons (Fsp3) is 0.636. The van der Waals surface area contributed by atoms with Crippen LogP contribution in [0.25, 0.3) is 0 Å². The number of Topliss-reactive ketones (excluding diaryl/α,β-unsaturated/α-hetero) is 3. The maximum absolute atomic E-state index is 11.2. The third-order valence-electron chi connectivity index (χ3n) is 2.06. The van der Waals surface area contributed by atoms with Crippen molar-refractivity contribution in [3.8, 4) is 0 Å². The molecule has 16 heavy (non-hydrogen) atoms. The van der Waals surface area contributed by atoms with E-state index >= 15 is 0 Å². The summed E-state index contributed by atoms with van der Waals surface area (Å²) in [6.45, 7) is 1.41. The monoisotopic (exact) mass is 228 g/mol. The quantitative estimate of drug-likeness (QED) is 0.639. The highest BCUT2D eigenvalue weighted by molar-refractivity contribution is 5.89. The zero-order valence-electron chi connectivity index (χ0n) is 9.32. The maximum Gasteiger partial charge on any atom is 0.303 e. The third kappa shape index (κ3) is 9.05. The first-order chi connectivity index (χ1) is 7.41. The van der Waals surface area contributed by atoms with Crippen molar-refractivity contribution in [2.24, 2.45) is 0 Å². The van der Waals surface area contributed by atoms with Crippen molar-refractivity contribution in [1.29, 1.82) is 0 Å². The smallest absolute Gasteiger partial charge is 0.303 e. The fourth-order valence-electron chi connectivity index (χ4n) is 1.09. The standard InChI is InChI=1S/C11H16O5/c1-8(12)2-3-9(13)4-5-10(14)6-7-11(15)16/h2-7H2,1H3,(H,15,16). The Balaban J connectivity index is 3.63. The largest absolute Gasteiger partial charge is 0.481 e. The number of hydrogen-bond donors (Lipinski definition) is 1. The molecule has 0 saturated heterocycles. The number of aliphatic carboxylic acids is 1. The highest BCUT2D eigenvalue weighted by atomic mass is 16.4. The van der Waals surface area contributed by atoms with Crippen LogP contribution in [0.15, 0.2) is 0 Å². The van der Waals surface area contributed by atoms with Gasteiger partial charge in [0.05, 0.1) is 6.42 Å². The number of carbonyl (C=O) groups is 4. The van der Waals surface area contributed by atoms with Gasteiger partial charge in [0.2, 0.25) is 0 Å². The molecule has 0 heterocycles. The van der Waals surface area contributed by atoms with Crippen molar-refractivity contribution in [3.63, 3.8) is 0 Å². The second-order valence-electron chi connectivity index (χ2n) is 3.67. The van der Waals surface area contributed by atoms with E-state index in [0.29, 0.717) is 0 Å². The highest BCUT2D eigenvalue weighted by Gasteiger charge is 2.09. The van der Waals surface area contributed by atoms with Gasteiger partial charge in [-0.05, 0) is 6.92 Å². The van der Waals surface area contributed by atoms with Gasteiger partial charge in [-0.15, -0.1) is 0 Å². The molecule has 0 saturated carbocycles. The molecule has 0 fully saturated rings. The van der Waals surface area contributed by atoms with Gasteiger partial charge in [-0.3, -0.25) is 14.4 Å². The van der Waals surface area contributed by atoms with E-state index in [-0.39, 0.29) is 55.9 Å². The van der Waals surface area contributed by atoms with Crippen LogP contribution < -0.4 is 0 Å². The van der Waals surface area contributed by atoms with Crippen LogP contribution in [0.4, 0.5) is 0 Å². The first-order valence-electron chi connectivity index (χ1n) is 5.16. The third-order valence-corrected chi connectivity index (χ3v) is 2.06. The molecule has 0 bridgehead atoms. The molecule has 0 spiro atoms. The van der Waals surface area contributed by atoms with Gasteiger partial charge in [0.15, 0.2) is 0 Å². The number of carboxylic acid groups (broad SMARTS) is 1. The molecule has 5 heteroatoms. The molecule has 0 rings (SSSR count). The van der Waals surface area contributed by atoms with Gasteiger partial charge in [0.25, 0.3) is 0 Å². The van der Waals surface area contributed by atoms with Crippen LogP contribution in [0.3, 0.4) is 0 Å². The number of ketones is 3. The summed E-state index contributed by atoms with van der Waals surface area (Å²) < 4.78 is 0. The lowest BCUT2D eigenvalue weighted by Gasteiger charge is -1.99. The summed E-state index contributed by atoms with van der Waals surface area (Å²) in [7, 11) is 0. The Morgan fingerprint density at radius 1 is 0.750 bits per heavy atom. The number of rotatable bonds is 9. The summed E-state index contributed by atoms with van der Waals surface area (Å²) >= 11 is 0. The van der Waals surface area contributed by atoms with Crippen LogP contribution >= 0.6 is 0 Å². The van der Waals surface area contributed by atoms with E-state index < -0.39 is 5.97 Å². The molecule has 1 N–H and O–H groups in total. The van der Waals surface area contributed by atoms with E-state index in [0.717, 1.165) is 0 Å². The Hall–Kier alpha value is -1.52. The fourth-order valence-corrected chi connectivity index (χ4v) is 1.09. The molecular weight excluding hydrogens is 212 g/mol. The van der Waals surface area contributed by atoms with Crippen LogP contribution in [0.2, 0.25) is 0 Å². The minimum absolute atomic E-state index is 0.0324. The summed E-state index contributed by atoms with van der Waals surface area (Å²) in [6, 6.07) is 0. The number of hydrogen-bond acceptors (Lipinski definition) is 4. The van der Waals surface area contributed by atoms with E-state index in [9.17, 15) is 19.2 Å². The van der Waals surface area contributed by atoms with Crippen LogP contribution in [0.1, 0.15) is 45.4 Å². The SMILES string of the molecule is CC(=O)CCC(=O)CCC(=O)CCC(=O)O. The molecular formula is C11H16O5. The van der Waals surface area contributed by atoms with Crippen molar-refractivity contribution >= 4 is 23.3 Å². The normalized spacial score (nSPS) is 9.81. The molecule has 0 aliphatic carbocycles. The molecule has 0 aliphatic rings. The van der Waals surface area contributed by atoms with E-state index in [1.807, 2.05) is 0 Å². The summed E-state index contributed by atoms with van der Waals surface area (Å²) in [5.74, 6) is -1.42. The summed E-state index contributed by atoms with van der Waals surface area (Å²) in [4.78, 5) is 43.0. The highest BCUT2D eigenvalue weighted by Crippen LogP contribution is 2.03. The molecule has 0 atom stereocenters. The molecule has 0 aromatic rings. The minimum Gasteiger partial charge on any atom is -0.481 e. The van der Waals surface area contributed by atoms with Crippen LogP contribution in [0, 0.1) is 0 Å².